The van der Waals surface area contributed by atoms with Crippen LogP contribution in [0.1, 0.15) is 37.9 Å². The number of phenols is 1. The Bertz CT molecular complexity index is 500. The van der Waals surface area contributed by atoms with E-state index in [2.05, 4.69) is 30.7 Å². The number of nitrogens with zero attached hydrogens (tertiary/aromatic N) is 2. The second kappa shape index (κ2) is 4.77. The predicted molar refractivity (Wildman–Crippen MR) is 71.4 cm³/mol. The van der Waals surface area contributed by atoms with Gasteiger partial charge in [0.15, 0.2) is 0 Å². The average molecular weight is 242 g/mol. The van der Waals surface area contributed by atoms with Crippen molar-refractivity contribution in [1.82, 2.24) is 9.97 Å². The van der Waals surface area contributed by atoms with Crippen molar-refractivity contribution >= 4 is 0 Å². The minimum absolute atomic E-state index is 0.0347. The van der Waals surface area contributed by atoms with Crippen molar-refractivity contribution in [3.63, 3.8) is 0 Å². The molecular weight excluding hydrogens is 224 g/mol. The number of aromatic hydroxyl groups is 1. The Morgan fingerprint density at radius 3 is 2.22 bits per heavy atom. The first-order valence-corrected chi connectivity index (χ1v) is 6.03. The summed E-state index contributed by atoms with van der Waals surface area (Å²) in [4.78, 5) is 8.57. The highest BCUT2D eigenvalue weighted by atomic mass is 16.3. The second-order valence-corrected chi connectivity index (χ2v) is 5.52. The third-order valence-corrected chi connectivity index (χ3v) is 2.97. The van der Waals surface area contributed by atoms with Crippen molar-refractivity contribution in [3.8, 4) is 5.75 Å². The third-order valence-electron chi connectivity index (χ3n) is 2.97. The summed E-state index contributed by atoms with van der Waals surface area (Å²) >= 11 is 0. The van der Waals surface area contributed by atoms with E-state index in [0.29, 0.717) is 0 Å². The van der Waals surface area contributed by atoms with Crippen molar-refractivity contribution < 1.29 is 5.11 Å². The van der Waals surface area contributed by atoms with Crippen LogP contribution in [0.25, 0.3) is 0 Å². The molecule has 0 radical (unpaired) electrons. The first-order valence-electron chi connectivity index (χ1n) is 6.03. The van der Waals surface area contributed by atoms with E-state index in [1.165, 1.54) is 0 Å². The Morgan fingerprint density at radius 2 is 1.72 bits per heavy atom. The molecule has 1 N–H and O–H groups in total. The van der Waals surface area contributed by atoms with Gasteiger partial charge in [0.25, 0.3) is 0 Å². The summed E-state index contributed by atoms with van der Waals surface area (Å²) in [5.74, 6) is 0.442. The lowest BCUT2D eigenvalue weighted by atomic mass is 9.75. The lowest BCUT2D eigenvalue weighted by molar-refractivity contribution is 0.352. The lowest BCUT2D eigenvalue weighted by Crippen LogP contribution is -2.20. The molecule has 1 atom stereocenters. The monoisotopic (exact) mass is 242 g/mol. The predicted octanol–water partition coefficient (Wildman–Crippen LogP) is 3.36. The van der Waals surface area contributed by atoms with Gasteiger partial charge in [-0.2, -0.15) is 0 Å². The molecule has 94 valence electrons. The summed E-state index contributed by atoms with van der Waals surface area (Å²) in [5, 5.41) is 9.38. The van der Waals surface area contributed by atoms with Gasteiger partial charge < -0.3 is 5.11 Å². The van der Waals surface area contributed by atoms with Crippen LogP contribution in [0.15, 0.2) is 42.9 Å². The van der Waals surface area contributed by atoms with Gasteiger partial charge in [0.2, 0.25) is 0 Å². The largest absolute Gasteiger partial charge is 0.508 e. The van der Waals surface area contributed by atoms with E-state index in [4.69, 9.17) is 0 Å². The van der Waals surface area contributed by atoms with Gasteiger partial charge in [0.1, 0.15) is 5.75 Å². The summed E-state index contributed by atoms with van der Waals surface area (Å²) in [7, 11) is 0. The number of hydrogen-bond acceptors (Lipinski definition) is 3. The van der Waals surface area contributed by atoms with Crippen LogP contribution in [-0.4, -0.2) is 15.1 Å². The lowest BCUT2D eigenvalue weighted by Gasteiger charge is -2.30. The summed E-state index contributed by atoms with van der Waals surface area (Å²) in [5.41, 5.74) is 2.13. The van der Waals surface area contributed by atoms with Gasteiger partial charge in [-0.25, -0.2) is 0 Å². The van der Waals surface area contributed by atoms with E-state index < -0.39 is 0 Å². The molecule has 1 aromatic heterocycles. The molecule has 0 spiro atoms. The Hall–Kier alpha value is -1.90. The zero-order valence-electron chi connectivity index (χ0n) is 11.0. The van der Waals surface area contributed by atoms with Crippen molar-refractivity contribution in [1.29, 1.82) is 0 Å². The Morgan fingerprint density at radius 1 is 1.06 bits per heavy atom. The number of aromatic nitrogens is 2. The number of hydrogen-bond donors (Lipinski definition) is 1. The van der Waals surface area contributed by atoms with E-state index >= 15 is 0 Å². The van der Waals surface area contributed by atoms with Crippen molar-refractivity contribution in [2.75, 3.05) is 0 Å². The molecule has 1 aromatic carbocycles. The van der Waals surface area contributed by atoms with Crippen LogP contribution < -0.4 is 0 Å². The maximum atomic E-state index is 9.38. The molecule has 0 amide bonds. The third kappa shape index (κ3) is 2.67. The molecule has 0 bridgehead atoms. The quantitative estimate of drug-likeness (QED) is 0.878. The molecule has 1 unspecified atom stereocenters. The molecule has 0 aliphatic rings. The van der Waals surface area contributed by atoms with Gasteiger partial charge in [-0.1, -0.05) is 32.9 Å². The molecule has 0 saturated carbocycles. The Labute approximate surface area is 108 Å². The van der Waals surface area contributed by atoms with Gasteiger partial charge >= 0.3 is 0 Å². The van der Waals surface area contributed by atoms with Crippen LogP contribution in [0, 0.1) is 5.41 Å². The Kier molecular flexibility index (Phi) is 3.32. The number of rotatable bonds is 2. The molecule has 0 aliphatic heterocycles. The first kappa shape index (κ1) is 12.6. The highest BCUT2D eigenvalue weighted by molar-refractivity contribution is 5.33. The fraction of sp³-hybridized carbons (Fsp3) is 0.333. The van der Waals surface area contributed by atoms with E-state index in [1.54, 1.807) is 24.5 Å². The minimum Gasteiger partial charge on any atom is -0.508 e. The zero-order valence-corrected chi connectivity index (χ0v) is 11.0. The van der Waals surface area contributed by atoms with Crippen molar-refractivity contribution in [3.05, 3.63) is 54.1 Å². The summed E-state index contributed by atoms with van der Waals surface area (Å²) in [6.07, 6.45) is 5.21. The molecule has 18 heavy (non-hydrogen) atoms. The SMILES string of the molecule is CC(C)(C)C(c1ccc(O)cc1)c1cnccn1. The van der Waals surface area contributed by atoms with E-state index in [-0.39, 0.29) is 17.1 Å². The summed E-state index contributed by atoms with van der Waals surface area (Å²) < 4.78 is 0. The van der Waals surface area contributed by atoms with Gasteiger partial charge in [0, 0.05) is 24.5 Å². The van der Waals surface area contributed by atoms with Crippen LogP contribution in [0.2, 0.25) is 0 Å². The van der Waals surface area contributed by atoms with Gasteiger partial charge in [0.05, 0.1) is 5.69 Å². The summed E-state index contributed by atoms with van der Waals surface area (Å²) in [6, 6.07) is 7.31. The van der Waals surface area contributed by atoms with Crippen LogP contribution >= 0.6 is 0 Å². The Balaban J connectivity index is 2.47. The van der Waals surface area contributed by atoms with Crippen LogP contribution in [-0.2, 0) is 0 Å². The van der Waals surface area contributed by atoms with Gasteiger partial charge in [-0.3, -0.25) is 9.97 Å². The summed E-state index contributed by atoms with van der Waals surface area (Å²) in [6.45, 7) is 6.54. The maximum Gasteiger partial charge on any atom is 0.115 e. The standard InChI is InChI=1S/C15H18N2O/c1-15(2,3)14(13-10-16-8-9-17-13)11-4-6-12(18)7-5-11/h4-10,14,18H,1-3H3. The van der Waals surface area contributed by atoms with Crippen LogP contribution in [0.4, 0.5) is 0 Å². The smallest absolute Gasteiger partial charge is 0.115 e. The van der Waals surface area contributed by atoms with E-state index in [0.717, 1.165) is 11.3 Å². The van der Waals surface area contributed by atoms with Gasteiger partial charge in [-0.15, -0.1) is 0 Å². The average Bonchev–Trinajstić information content (AvgIpc) is 2.32. The topological polar surface area (TPSA) is 46.0 Å². The van der Waals surface area contributed by atoms with E-state index in [9.17, 15) is 5.11 Å². The van der Waals surface area contributed by atoms with Crippen molar-refractivity contribution in [2.24, 2.45) is 5.41 Å². The maximum absolute atomic E-state index is 9.38. The first-order chi connectivity index (χ1) is 8.48. The number of phenolic OH excluding ortho intramolecular Hbond substituents is 1. The molecule has 2 rings (SSSR count). The molecule has 3 nitrogen and oxygen atoms in total. The molecule has 2 aromatic rings. The van der Waals surface area contributed by atoms with Crippen LogP contribution in [0.5, 0.6) is 5.75 Å². The molecular formula is C15H18N2O. The normalized spacial score (nSPS) is 13.3. The number of benzene rings is 1. The van der Waals surface area contributed by atoms with Gasteiger partial charge in [-0.05, 0) is 23.1 Å². The molecule has 0 saturated heterocycles. The molecule has 0 aliphatic carbocycles. The fourth-order valence-electron chi connectivity index (χ4n) is 2.24. The highest BCUT2D eigenvalue weighted by Crippen LogP contribution is 2.39. The second-order valence-electron chi connectivity index (χ2n) is 5.52. The highest BCUT2D eigenvalue weighted by Gasteiger charge is 2.29. The molecule has 1 heterocycles. The fourth-order valence-corrected chi connectivity index (χ4v) is 2.24. The van der Waals surface area contributed by atoms with Crippen LogP contribution in [0.3, 0.4) is 0 Å². The minimum atomic E-state index is 0.0347. The van der Waals surface area contributed by atoms with E-state index in [1.807, 2.05) is 18.3 Å². The molecule has 3 heteroatoms. The van der Waals surface area contributed by atoms with Crippen molar-refractivity contribution in [2.45, 2.75) is 26.7 Å². The molecule has 0 fully saturated rings. The zero-order chi connectivity index (χ0) is 13.2.